The number of benzene rings is 1. The minimum absolute atomic E-state index is 0.474. The van der Waals surface area contributed by atoms with Crippen LogP contribution >= 0.6 is 0 Å². The molecule has 1 rings (SSSR count). The highest BCUT2D eigenvalue weighted by Gasteiger charge is 2.47. The second-order valence-corrected chi connectivity index (χ2v) is 11.8. The van der Waals surface area contributed by atoms with E-state index in [0.717, 1.165) is 6.29 Å². The van der Waals surface area contributed by atoms with E-state index in [9.17, 15) is 4.79 Å². The minimum atomic E-state index is -2.05. The number of hydrogen-bond donors (Lipinski definition) is 0. The quantitative estimate of drug-likeness (QED) is 0.521. The van der Waals surface area contributed by atoms with Crippen LogP contribution in [0, 0.1) is 0 Å². The number of rotatable bonds is 7. The molecule has 0 saturated heterocycles. The van der Waals surface area contributed by atoms with E-state index in [0.29, 0.717) is 33.7 Å². The molecule has 1 aromatic carbocycles. The van der Waals surface area contributed by atoms with Gasteiger partial charge in [-0.3, -0.25) is 4.79 Å². The van der Waals surface area contributed by atoms with E-state index in [1.807, 2.05) is 12.1 Å². The molecule has 0 bridgehead atoms. The number of carbonyl (C=O) groups is 1. The zero-order valence-electron chi connectivity index (χ0n) is 14.3. The molecule has 0 heterocycles. The maximum absolute atomic E-state index is 11.2. The standard InChI is InChI=1S/C17H28O3Si/c1-12(2)21(13(3)4,14(5)6)20-16-10-8-9-15(11-18)17(16)19-7/h8-14H,1-7H3. The van der Waals surface area contributed by atoms with Crippen molar-refractivity contribution < 1.29 is 14.0 Å². The fourth-order valence-corrected chi connectivity index (χ4v) is 8.72. The van der Waals surface area contributed by atoms with Gasteiger partial charge in [-0.25, -0.2) is 0 Å². The highest BCUT2D eigenvalue weighted by atomic mass is 28.4. The predicted molar refractivity (Wildman–Crippen MR) is 90.1 cm³/mol. The molecule has 0 aliphatic rings. The summed E-state index contributed by atoms with van der Waals surface area (Å²) >= 11 is 0. The first kappa shape index (κ1) is 17.8. The maximum atomic E-state index is 11.2. The number of methoxy groups -OCH3 is 1. The largest absolute Gasteiger partial charge is 0.540 e. The van der Waals surface area contributed by atoms with Gasteiger partial charge >= 0.3 is 0 Å². The van der Waals surface area contributed by atoms with Gasteiger partial charge in [-0.15, -0.1) is 0 Å². The van der Waals surface area contributed by atoms with Crippen molar-refractivity contribution in [2.45, 2.75) is 58.2 Å². The monoisotopic (exact) mass is 308 g/mol. The second-order valence-electron chi connectivity index (χ2n) is 6.42. The lowest BCUT2D eigenvalue weighted by Crippen LogP contribution is -2.50. The lowest BCUT2D eigenvalue weighted by molar-refractivity contribution is 0.112. The Morgan fingerprint density at radius 3 is 1.90 bits per heavy atom. The fraction of sp³-hybridized carbons (Fsp3) is 0.588. The van der Waals surface area contributed by atoms with E-state index in [1.54, 1.807) is 13.2 Å². The van der Waals surface area contributed by atoms with E-state index >= 15 is 0 Å². The third kappa shape index (κ3) is 3.31. The SMILES string of the molecule is COc1c(C=O)cccc1O[Si](C(C)C)(C(C)C)C(C)C. The van der Waals surface area contributed by atoms with E-state index in [-0.39, 0.29) is 0 Å². The van der Waals surface area contributed by atoms with Gasteiger partial charge in [-0.1, -0.05) is 47.6 Å². The average molecular weight is 308 g/mol. The molecule has 0 aliphatic carbocycles. The van der Waals surface area contributed by atoms with E-state index < -0.39 is 8.32 Å². The van der Waals surface area contributed by atoms with E-state index in [1.165, 1.54) is 0 Å². The van der Waals surface area contributed by atoms with Crippen molar-refractivity contribution in [3.05, 3.63) is 23.8 Å². The molecule has 0 aliphatic heterocycles. The molecule has 0 amide bonds. The van der Waals surface area contributed by atoms with Crippen molar-refractivity contribution in [3.8, 4) is 11.5 Å². The first-order valence-corrected chi connectivity index (χ1v) is 9.76. The Balaban J connectivity index is 3.37. The highest BCUT2D eigenvalue weighted by Crippen LogP contribution is 2.45. The Bertz CT molecular complexity index is 459. The minimum Gasteiger partial charge on any atom is -0.540 e. The van der Waals surface area contributed by atoms with Crippen LogP contribution < -0.4 is 9.16 Å². The van der Waals surface area contributed by atoms with Crippen molar-refractivity contribution in [1.29, 1.82) is 0 Å². The second kappa shape index (κ2) is 7.12. The summed E-state index contributed by atoms with van der Waals surface area (Å²) in [6.45, 7) is 13.4. The molecule has 0 unspecified atom stereocenters. The van der Waals surface area contributed by atoms with Crippen LogP contribution in [0.25, 0.3) is 0 Å². The Labute approximate surface area is 129 Å². The number of hydrogen-bond acceptors (Lipinski definition) is 3. The summed E-state index contributed by atoms with van der Waals surface area (Å²) in [5, 5.41) is 0. The molecule has 3 nitrogen and oxygen atoms in total. The van der Waals surface area contributed by atoms with Crippen LogP contribution in [0.4, 0.5) is 0 Å². The van der Waals surface area contributed by atoms with Crippen molar-refractivity contribution in [3.63, 3.8) is 0 Å². The summed E-state index contributed by atoms with van der Waals surface area (Å²) in [6, 6.07) is 5.50. The van der Waals surface area contributed by atoms with Crippen molar-refractivity contribution in [1.82, 2.24) is 0 Å². The molecule has 0 saturated carbocycles. The lowest BCUT2D eigenvalue weighted by atomic mass is 10.2. The average Bonchev–Trinajstić information content (AvgIpc) is 2.42. The zero-order chi connectivity index (χ0) is 16.2. The van der Waals surface area contributed by atoms with Crippen LogP contribution in [-0.2, 0) is 0 Å². The lowest BCUT2D eigenvalue weighted by Gasteiger charge is -2.42. The summed E-state index contributed by atoms with van der Waals surface area (Å²) in [5.41, 5.74) is 1.96. The van der Waals surface area contributed by atoms with E-state index in [4.69, 9.17) is 9.16 Å². The van der Waals surface area contributed by atoms with Crippen LogP contribution in [0.2, 0.25) is 16.6 Å². The molecule has 0 N–H and O–H groups in total. The summed E-state index contributed by atoms with van der Waals surface area (Å²) < 4.78 is 12.0. The van der Waals surface area contributed by atoms with Crippen molar-refractivity contribution in [2.24, 2.45) is 0 Å². The van der Waals surface area contributed by atoms with Crippen molar-refractivity contribution >= 4 is 14.6 Å². The number of aldehydes is 1. The Hall–Kier alpha value is -1.29. The zero-order valence-corrected chi connectivity index (χ0v) is 15.3. The van der Waals surface area contributed by atoms with Gasteiger partial charge < -0.3 is 9.16 Å². The van der Waals surface area contributed by atoms with Gasteiger partial charge in [0, 0.05) is 0 Å². The van der Waals surface area contributed by atoms with Gasteiger partial charge in [0.05, 0.1) is 12.7 Å². The molecule has 4 heteroatoms. The van der Waals surface area contributed by atoms with Gasteiger partial charge in [-0.2, -0.15) is 0 Å². The molecule has 118 valence electrons. The van der Waals surface area contributed by atoms with Crippen LogP contribution in [-0.4, -0.2) is 21.7 Å². The predicted octanol–water partition coefficient (Wildman–Crippen LogP) is 5.06. The molecule has 0 radical (unpaired) electrons. The van der Waals surface area contributed by atoms with Crippen LogP contribution in [0.1, 0.15) is 51.9 Å². The number of carbonyl (C=O) groups excluding carboxylic acids is 1. The van der Waals surface area contributed by atoms with E-state index in [2.05, 4.69) is 41.5 Å². The molecule has 0 spiro atoms. The van der Waals surface area contributed by atoms with Gasteiger partial charge in [0.2, 0.25) is 0 Å². The Morgan fingerprint density at radius 1 is 1.00 bits per heavy atom. The fourth-order valence-electron chi connectivity index (χ4n) is 3.47. The van der Waals surface area contributed by atoms with Gasteiger partial charge in [0.25, 0.3) is 8.32 Å². The summed E-state index contributed by atoms with van der Waals surface area (Å²) in [5.74, 6) is 1.25. The third-order valence-corrected chi connectivity index (χ3v) is 10.3. The smallest absolute Gasteiger partial charge is 0.258 e. The highest BCUT2D eigenvalue weighted by molar-refractivity contribution is 6.78. The Morgan fingerprint density at radius 2 is 1.52 bits per heavy atom. The normalized spacial score (nSPS) is 12.1. The Kier molecular flexibility index (Phi) is 6.02. The molecule has 1 aromatic rings. The first-order chi connectivity index (χ1) is 9.81. The third-order valence-electron chi connectivity index (χ3n) is 4.33. The molecular formula is C17H28O3Si. The van der Waals surface area contributed by atoms with Crippen LogP contribution in [0.15, 0.2) is 18.2 Å². The molecule has 0 fully saturated rings. The molecule has 0 atom stereocenters. The van der Waals surface area contributed by atoms with Crippen molar-refractivity contribution in [2.75, 3.05) is 7.11 Å². The van der Waals surface area contributed by atoms with Gasteiger partial charge in [-0.05, 0) is 28.8 Å². The molecule has 0 aromatic heterocycles. The van der Waals surface area contributed by atoms with Crippen LogP contribution in [0.5, 0.6) is 11.5 Å². The molecular weight excluding hydrogens is 280 g/mol. The number of ether oxygens (including phenoxy) is 1. The summed E-state index contributed by atoms with van der Waals surface area (Å²) in [4.78, 5) is 11.2. The summed E-state index contributed by atoms with van der Waals surface area (Å²) in [6.07, 6.45) is 0.815. The summed E-state index contributed by atoms with van der Waals surface area (Å²) in [7, 11) is -0.466. The van der Waals surface area contributed by atoms with Gasteiger partial charge in [0.15, 0.2) is 12.0 Å². The number of para-hydroxylation sites is 1. The topological polar surface area (TPSA) is 35.5 Å². The van der Waals surface area contributed by atoms with Gasteiger partial charge in [0.1, 0.15) is 5.75 Å². The molecule has 21 heavy (non-hydrogen) atoms. The first-order valence-electron chi connectivity index (χ1n) is 7.62. The maximum Gasteiger partial charge on any atom is 0.258 e. The van der Waals surface area contributed by atoms with Crippen LogP contribution in [0.3, 0.4) is 0 Å².